The fraction of sp³-hybridized carbons (Fsp3) is 0.731. The van der Waals surface area contributed by atoms with E-state index in [1.54, 1.807) is 0 Å². The number of ether oxygens (including phenoxy) is 1. The van der Waals surface area contributed by atoms with Gasteiger partial charge in [0.05, 0.1) is 11.2 Å². The first kappa shape index (κ1) is 26.3. The molecule has 3 fully saturated rings. The molecule has 3 aliphatic rings. The third-order valence-corrected chi connectivity index (χ3v) is 7.44. The van der Waals surface area contributed by atoms with E-state index >= 15 is 0 Å². The highest BCUT2D eigenvalue weighted by atomic mass is 16.7. The average Bonchev–Trinajstić information content (AvgIpc) is 3.00. The van der Waals surface area contributed by atoms with Crippen molar-refractivity contribution in [2.75, 3.05) is 57.3 Å². The smallest absolute Gasteiger partial charge is 0.444 e. The van der Waals surface area contributed by atoms with Gasteiger partial charge in [-0.1, -0.05) is 6.07 Å². The first-order valence-corrected chi connectivity index (χ1v) is 13.0. The lowest BCUT2D eigenvalue weighted by atomic mass is 9.78. The van der Waals surface area contributed by atoms with Crippen LogP contribution in [-0.4, -0.2) is 92.2 Å². The number of nitrogens with one attached hydrogen (secondary N) is 1. The van der Waals surface area contributed by atoms with Crippen molar-refractivity contribution in [2.45, 2.75) is 71.8 Å². The summed E-state index contributed by atoms with van der Waals surface area (Å²) in [6.07, 6.45) is -0.234. The minimum atomic E-state index is -0.482. The lowest BCUT2D eigenvalue weighted by molar-refractivity contribution is 0.00578. The summed E-state index contributed by atoms with van der Waals surface area (Å²) in [6.45, 7) is 21.9. The van der Waals surface area contributed by atoms with E-state index in [0.717, 1.165) is 57.0 Å². The molecular weight excluding hydrogens is 443 g/mol. The Bertz CT molecular complexity index is 887. The molecule has 0 aromatic heterocycles. The number of piperazine rings is 2. The molecule has 0 atom stereocenters. The van der Waals surface area contributed by atoms with Gasteiger partial charge in [0.2, 0.25) is 0 Å². The van der Waals surface area contributed by atoms with Crippen molar-refractivity contribution in [1.29, 1.82) is 0 Å². The summed E-state index contributed by atoms with van der Waals surface area (Å²) in [5.41, 5.74) is 2.23. The normalized spacial score (nSPS) is 23.0. The monoisotopic (exact) mass is 486 g/mol. The molecule has 3 saturated heterocycles. The van der Waals surface area contributed by atoms with Crippen LogP contribution in [-0.2, 0) is 20.6 Å². The standard InChI is InChI=1S/C26H43BN4O4/c1-24(2,3)33-23(32)31-14-12-30(13-15-31)22-17-20(19-29-10-8-28-9-11-29)16-21(18-22)27-34-25(4,5)26(6,7)35-27/h16-18,28H,8-15,19H2,1-7H3. The maximum atomic E-state index is 12.5. The predicted molar refractivity (Wildman–Crippen MR) is 140 cm³/mol. The zero-order chi connectivity index (χ0) is 25.4. The Labute approximate surface area is 211 Å². The molecule has 0 bridgehead atoms. The van der Waals surface area contributed by atoms with E-state index < -0.39 is 12.7 Å². The Morgan fingerprint density at radius 2 is 1.57 bits per heavy atom. The molecule has 0 aliphatic carbocycles. The van der Waals surface area contributed by atoms with Gasteiger partial charge in [0.15, 0.2) is 0 Å². The van der Waals surface area contributed by atoms with Gasteiger partial charge in [-0.3, -0.25) is 4.90 Å². The topological polar surface area (TPSA) is 66.5 Å². The summed E-state index contributed by atoms with van der Waals surface area (Å²) in [4.78, 5) is 19.2. The number of rotatable bonds is 4. The summed E-state index contributed by atoms with van der Waals surface area (Å²) in [7, 11) is -0.398. The highest BCUT2D eigenvalue weighted by Crippen LogP contribution is 2.37. The first-order chi connectivity index (χ1) is 16.3. The zero-order valence-corrected chi connectivity index (χ0v) is 22.6. The van der Waals surface area contributed by atoms with Crippen molar-refractivity contribution in [3.05, 3.63) is 23.8 Å². The minimum absolute atomic E-state index is 0.234. The Morgan fingerprint density at radius 3 is 2.14 bits per heavy atom. The Hall–Kier alpha value is -1.81. The second-order valence-electron chi connectivity index (χ2n) is 12.0. The highest BCUT2D eigenvalue weighted by molar-refractivity contribution is 6.62. The van der Waals surface area contributed by atoms with Crippen LogP contribution in [0.15, 0.2) is 18.2 Å². The molecule has 8 nitrogen and oxygen atoms in total. The van der Waals surface area contributed by atoms with Crippen LogP contribution in [0.1, 0.15) is 54.0 Å². The van der Waals surface area contributed by atoms with E-state index in [9.17, 15) is 4.79 Å². The van der Waals surface area contributed by atoms with Crippen molar-refractivity contribution in [3.8, 4) is 0 Å². The SMILES string of the molecule is CC(C)(C)OC(=O)N1CCN(c2cc(CN3CCNCC3)cc(B3OC(C)(C)C(C)(C)O3)c2)CC1. The van der Waals surface area contributed by atoms with Crippen molar-refractivity contribution < 1.29 is 18.8 Å². The quantitative estimate of drug-likeness (QED) is 0.656. The van der Waals surface area contributed by atoms with Gasteiger partial charge >= 0.3 is 13.2 Å². The van der Waals surface area contributed by atoms with Crippen LogP contribution < -0.4 is 15.7 Å². The molecule has 1 aromatic rings. The van der Waals surface area contributed by atoms with Crippen LogP contribution in [0.4, 0.5) is 10.5 Å². The second-order valence-corrected chi connectivity index (χ2v) is 12.0. The first-order valence-electron chi connectivity index (χ1n) is 13.0. The van der Waals surface area contributed by atoms with Gasteiger partial charge in [0.25, 0.3) is 0 Å². The van der Waals surface area contributed by atoms with Crippen molar-refractivity contribution in [3.63, 3.8) is 0 Å². The largest absolute Gasteiger partial charge is 0.494 e. The molecule has 0 spiro atoms. The Morgan fingerprint density at radius 1 is 0.971 bits per heavy atom. The van der Waals surface area contributed by atoms with Crippen LogP contribution in [0.2, 0.25) is 0 Å². The van der Waals surface area contributed by atoms with E-state index in [2.05, 4.69) is 61.0 Å². The molecule has 1 N–H and O–H groups in total. The van der Waals surface area contributed by atoms with E-state index in [-0.39, 0.29) is 17.3 Å². The molecule has 0 radical (unpaired) electrons. The van der Waals surface area contributed by atoms with Crippen LogP contribution >= 0.6 is 0 Å². The van der Waals surface area contributed by atoms with E-state index in [0.29, 0.717) is 13.1 Å². The summed E-state index contributed by atoms with van der Waals surface area (Å²) < 4.78 is 18.4. The fourth-order valence-electron chi connectivity index (χ4n) is 4.69. The molecule has 3 heterocycles. The highest BCUT2D eigenvalue weighted by Gasteiger charge is 2.51. The maximum absolute atomic E-state index is 12.5. The molecule has 1 aromatic carbocycles. The van der Waals surface area contributed by atoms with Gasteiger partial charge < -0.3 is 29.2 Å². The van der Waals surface area contributed by atoms with Gasteiger partial charge in [0, 0.05) is 64.6 Å². The Balaban J connectivity index is 1.53. The van der Waals surface area contributed by atoms with Crippen LogP contribution in [0, 0.1) is 0 Å². The summed E-state index contributed by atoms with van der Waals surface area (Å²) in [5.74, 6) is 0. The van der Waals surface area contributed by atoms with E-state index in [4.69, 9.17) is 14.0 Å². The average molecular weight is 486 g/mol. The molecule has 1 amide bonds. The Kier molecular flexibility index (Phi) is 7.44. The molecule has 9 heteroatoms. The lowest BCUT2D eigenvalue weighted by Gasteiger charge is -2.37. The number of nitrogens with zero attached hydrogens (tertiary/aromatic N) is 3. The minimum Gasteiger partial charge on any atom is -0.444 e. The number of carbonyl (C=O) groups excluding carboxylic acids is 1. The predicted octanol–water partition coefficient (Wildman–Crippen LogP) is 2.45. The van der Waals surface area contributed by atoms with Crippen LogP contribution in [0.25, 0.3) is 0 Å². The second kappa shape index (κ2) is 9.92. The van der Waals surface area contributed by atoms with Crippen molar-refractivity contribution >= 4 is 24.4 Å². The number of hydrogen-bond donors (Lipinski definition) is 1. The van der Waals surface area contributed by atoms with Gasteiger partial charge in [-0.25, -0.2) is 4.79 Å². The molecule has 194 valence electrons. The summed E-state index contributed by atoms with van der Waals surface area (Å²) in [5, 5.41) is 3.43. The molecule has 0 saturated carbocycles. The van der Waals surface area contributed by atoms with Gasteiger partial charge in [-0.15, -0.1) is 0 Å². The van der Waals surface area contributed by atoms with Gasteiger partial charge in [-0.05, 0) is 71.6 Å². The van der Waals surface area contributed by atoms with Crippen LogP contribution in [0.5, 0.6) is 0 Å². The molecule has 35 heavy (non-hydrogen) atoms. The lowest BCUT2D eigenvalue weighted by Crippen LogP contribution is -2.50. The van der Waals surface area contributed by atoms with E-state index in [1.807, 2.05) is 25.7 Å². The molecule has 0 unspecified atom stereocenters. The molecular formula is C26H43BN4O4. The zero-order valence-electron chi connectivity index (χ0n) is 22.6. The summed E-state index contributed by atoms with van der Waals surface area (Å²) in [6, 6.07) is 6.73. The number of anilines is 1. The number of amides is 1. The molecule has 4 rings (SSSR count). The van der Waals surface area contributed by atoms with Gasteiger partial charge in [0.1, 0.15) is 5.60 Å². The number of hydrogen-bond acceptors (Lipinski definition) is 7. The maximum Gasteiger partial charge on any atom is 0.494 e. The van der Waals surface area contributed by atoms with E-state index in [1.165, 1.54) is 5.56 Å². The third-order valence-electron chi connectivity index (χ3n) is 7.44. The van der Waals surface area contributed by atoms with Crippen molar-refractivity contribution in [1.82, 2.24) is 15.1 Å². The van der Waals surface area contributed by atoms with Crippen molar-refractivity contribution in [2.24, 2.45) is 0 Å². The molecule has 3 aliphatic heterocycles. The van der Waals surface area contributed by atoms with Crippen LogP contribution in [0.3, 0.4) is 0 Å². The van der Waals surface area contributed by atoms with Gasteiger partial charge in [-0.2, -0.15) is 0 Å². The fourth-order valence-corrected chi connectivity index (χ4v) is 4.69. The summed E-state index contributed by atoms with van der Waals surface area (Å²) >= 11 is 0. The number of carbonyl (C=O) groups is 1. The number of benzene rings is 1. The third kappa shape index (κ3) is 6.31.